The number of hydrogen-bond acceptors (Lipinski definition) is 3. The molecule has 0 heterocycles. The van der Waals surface area contributed by atoms with Crippen LogP contribution in [0.5, 0.6) is 5.75 Å². The molecule has 0 spiro atoms. The van der Waals surface area contributed by atoms with Gasteiger partial charge in [0.1, 0.15) is 11.6 Å². The number of carbonyl (C=O) groups excluding carboxylic acids is 1. The Morgan fingerprint density at radius 2 is 2.20 bits per heavy atom. The van der Waals surface area contributed by atoms with Crippen molar-refractivity contribution in [3.05, 3.63) is 29.6 Å². The van der Waals surface area contributed by atoms with Crippen LogP contribution in [0.25, 0.3) is 0 Å². The van der Waals surface area contributed by atoms with Gasteiger partial charge < -0.3 is 15.2 Å². The minimum atomic E-state index is -0.866. The first-order valence-electron chi connectivity index (χ1n) is 6.96. The van der Waals surface area contributed by atoms with E-state index >= 15 is 0 Å². The monoisotopic (exact) mass is 281 g/mol. The third-order valence-corrected chi connectivity index (χ3v) is 3.51. The Hall–Kier alpha value is -1.62. The second kappa shape index (κ2) is 6.70. The van der Waals surface area contributed by atoms with Gasteiger partial charge in [0.05, 0.1) is 6.10 Å². The van der Waals surface area contributed by atoms with Crippen LogP contribution in [0, 0.1) is 5.82 Å². The van der Waals surface area contributed by atoms with Crippen LogP contribution in [0.1, 0.15) is 44.3 Å². The summed E-state index contributed by atoms with van der Waals surface area (Å²) in [7, 11) is 0. The number of amides is 1. The Kier molecular flexibility index (Phi) is 4.95. The molecular weight excluding hydrogens is 261 g/mol. The van der Waals surface area contributed by atoms with Gasteiger partial charge >= 0.3 is 0 Å². The third kappa shape index (κ3) is 3.93. The second-order valence-corrected chi connectivity index (χ2v) is 5.20. The molecule has 0 aromatic heterocycles. The third-order valence-electron chi connectivity index (χ3n) is 3.51. The second-order valence-electron chi connectivity index (χ2n) is 5.20. The highest BCUT2D eigenvalue weighted by atomic mass is 19.1. The lowest BCUT2D eigenvalue weighted by Gasteiger charge is -2.13. The van der Waals surface area contributed by atoms with E-state index in [2.05, 4.69) is 5.32 Å². The van der Waals surface area contributed by atoms with E-state index in [1.165, 1.54) is 19.1 Å². The van der Waals surface area contributed by atoms with Crippen molar-refractivity contribution < 1.29 is 19.0 Å². The lowest BCUT2D eigenvalue weighted by Crippen LogP contribution is -2.36. The molecule has 1 fully saturated rings. The molecule has 1 saturated carbocycles. The van der Waals surface area contributed by atoms with E-state index in [1.807, 2.05) is 0 Å². The number of aliphatic hydroxyl groups is 1. The largest absolute Gasteiger partial charge is 0.484 e. The Balaban J connectivity index is 1.84. The van der Waals surface area contributed by atoms with Crippen LogP contribution in [0.4, 0.5) is 4.39 Å². The standard InChI is InChI=1S/C15H20FNO3/c1-10(18)13-7-6-12(8-14(13)16)20-9-15(19)17-11-4-2-3-5-11/h6-8,10-11,18H,2-5,9H2,1H3,(H,17,19)/t10-/m0/s1. The van der Waals surface area contributed by atoms with Crippen molar-refractivity contribution in [2.45, 2.75) is 44.8 Å². The van der Waals surface area contributed by atoms with Crippen molar-refractivity contribution >= 4 is 5.91 Å². The van der Waals surface area contributed by atoms with Crippen molar-refractivity contribution in [1.29, 1.82) is 0 Å². The van der Waals surface area contributed by atoms with E-state index in [9.17, 15) is 14.3 Å². The van der Waals surface area contributed by atoms with Crippen LogP contribution in [0.3, 0.4) is 0 Å². The van der Waals surface area contributed by atoms with E-state index < -0.39 is 11.9 Å². The molecule has 0 radical (unpaired) electrons. The molecule has 1 atom stereocenters. The van der Waals surface area contributed by atoms with E-state index in [0.29, 0.717) is 0 Å². The quantitative estimate of drug-likeness (QED) is 0.870. The highest BCUT2D eigenvalue weighted by Crippen LogP contribution is 2.22. The van der Waals surface area contributed by atoms with Crippen LogP contribution < -0.4 is 10.1 Å². The number of rotatable bonds is 5. The van der Waals surface area contributed by atoms with E-state index in [4.69, 9.17) is 4.74 Å². The Bertz CT molecular complexity index is 470. The first kappa shape index (κ1) is 14.8. The molecule has 1 amide bonds. The van der Waals surface area contributed by atoms with Gasteiger partial charge in [-0.1, -0.05) is 12.8 Å². The van der Waals surface area contributed by atoms with Crippen LogP contribution in [0.15, 0.2) is 18.2 Å². The van der Waals surface area contributed by atoms with E-state index in [-0.39, 0.29) is 29.9 Å². The molecule has 0 unspecified atom stereocenters. The summed E-state index contributed by atoms with van der Waals surface area (Å²) in [5.74, 6) is -0.431. The predicted octanol–water partition coefficient (Wildman–Crippen LogP) is 2.32. The van der Waals surface area contributed by atoms with Gasteiger partial charge in [-0.05, 0) is 31.9 Å². The molecule has 20 heavy (non-hydrogen) atoms. The molecule has 2 rings (SSSR count). The number of hydrogen-bond donors (Lipinski definition) is 2. The van der Waals surface area contributed by atoms with E-state index in [0.717, 1.165) is 25.7 Å². The number of ether oxygens (including phenoxy) is 1. The van der Waals surface area contributed by atoms with Gasteiger partial charge in [-0.25, -0.2) is 4.39 Å². The predicted molar refractivity (Wildman–Crippen MR) is 72.9 cm³/mol. The minimum Gasteiger partial charge on any atom is -0.484 e. The molecule has 0 saturated heterocycles. The van der Waals surface area contributed by atoms with Crippen LogP contribution in [-0.4, -0.2) is 23.7 Å². The van der Waals surface area contributed by atoms with E-state index in [1.54, 1.807) is 6.07 Å². The summed E-state index contributed by atoms with van der Waals surface area (Å²) in [5, 5.41) is 12.2. The fourth-order valence-corrected chi connectivity index (χ4v) is 2.42. The summed E-state index contributed by atoms with van der Waals surface area (Å²) in [4.78, 5) is 11.7. The van der Waals surface area contributed by atoms with Gasteiger partial charge in [0, 0.05) is 17.7 Å². The summed E-state index contributed by atoms with van der Waals surface area (Å²) in [6.07, 6.45) is 3.47. The molecule has 5 heteroatoms. The maximum absolute atomic E-state index is 13.6. The summed E-state index contributed by atoms with van der Waals surface area (Å²) < 4.78 is 18.9. The zero-order valence-corrected chi connectivity index (χ0v) is 11.6. The first-order chi connectivity index (χ1) is 9.56. The van der Waals surface area contributed by atoms with Crippen molar-refractivity contribution in [1.82, 2.24) is 5.32 Å². The molecule has 1 aromatic carbocycles. The van der Waals surface area contributed by atoms with Crippen molar-refractivity contribution in [3.63, 3.8) is 0 Å². The average molecular weight is 281 g/mol. The topological polar surface area (TPSA) is 58.6 Å². The zero-order valence-electron chi connectivity index (χ0n) is 11.6. The Morgan fingerprint density at radius 1 is 1.50 bits per heavy atom. The van der Waals surface area contributed by atoms with Gasteiger partial charge in [-0.3, -0.25) is 4.79 Å². The van der Waals surface area contributed by atoms with Crippen molar-refractivity contribution in [2.24, 2.45) is 0 Å². The Morgan fingerprint density at radius 3 is 2.80 bits per heavy atom. The molecule has 2 N–H and O–H groups in total. The number of carbonyl (C=O) groups is 1. The molecule has 0 bridgehead atoms. The minimum absolute atomic E-state index is 0.121. The van der Waals surface area contributed by atoms with Crippen molar-refractivity contribution in [3.8, 4) is 5.75 Å². The lowest BCUT2D eigenvalue weighted by molar-refractivity contribution is -0.123. The van der Waals surface area contributed by atoms with Gasteiger partial charge in [0.2, 0.25) is 0 Å². The van der Waals surface area contributed by atoms with Gasteiger partial charge in [0.25, 0.3) is 5.91 Å². The van der Waals surface area contributed by atoms with Crippen LogP contribution in [0.2, 0.25) is 0 Å². The van der Waals surface area contributed by atoms with Gasteiger partial charge in [-0.15, -0.1) is 0 Å². The SMILES string of the molecule is C[C@H](O)c1ccc(OCC(=O)NC2CCCC2)cc1F. The number of benzene rings is 1. The molecule has 1 aliphatic rings. The van der Waals surface area contributed by atoms with Crippen LogP contribution >= 0.6 is 0 Å². The number of aliphatic hydroxyl groups excluding tert-OH is 1. The summed E-state index contributed by atoms with van der Waals surface area (Å²) in [6, 6.07) is 4.45. The molecule has 1 aliphatic carbocycles. The fraction of sp³-hybridized carbons (Fsp3) is 0.533. The molecule has 1 aromatic rings. The summed E-state index contributed by atoms with van der Waals surface area (Å²) in [6.45, 7) is 1.37. The number of nitrogens with one attached hydrogen (secondary N) is 1. The smallest absolute Gasteiger partial charge is 0.258 e. The van der Waals surface area contributed by atoms with Gasteiger partial charge in [0.15, 0.2) is 6.61 Å². The Labute approximate surface area is 117 Å². The van der Waals surface area contributed by atoms with Gasteiger partial charge in [-0.2, -0.15) is 0 Å². The lowest BCUT2D eigenvalue weighted by atomic mass is 10.1. The summed E-state index contributed by atoms with van der Waals surface area (Å²) >= 11 is 0. The fourth-order valence-electron chi connectivity index (χ4n) is 2.42. The normalized spacial score (nSPS) is 16.9. The van der Waals surface area contributed by atoms with Crippen molar-refractivity contribution in [2.75, 3.05) is 6.61 Å². The first-order valence-corrected chi connectivity index (χ1v) is 6.96. The average Bonchev–Trinajstić information content (AvgIpc) is 2.89. The van der Waals surface area contributed by atoms with Crippen LogP contribution in [-0.2, 0) is 4.79 Å². The zero-order chi connectivity index (χ0) is 14.5. The number of halogens is 1. The maximum atomic E-state index is 13.6. The molecule has 0 aliphatic heterocycles. The highest BCUT2D eigenvalue weighted by Gasteiger charge is 2.17. The highest BCUT2D eigenvalue weighted by molar-refractivity contribution is 5.77. The molecule has 110 valence electrons. The summed E-state index contributed by atoms with van der Waals surface area (Å²) in [5.41, 5.74) is 0.216. The molecule has 4 nitrogen and oxygen atoms in total. The maximum Gasteiger partial charge on any atom is 0.258 e. The molecular formula is C15H20FNO3.